The molecule has 6 nitrogen and oxygen atoms in total. The van der Waals surface area contributed by atoms with E-state index in [1.54, 1.807) is 19.1 Å². The van der Waals surface area contributed by atoms with Gasteiger partial charge in [-0.25, -0.2) is 12.8 Å². The molecule has 3 rings (SSSR count). The molecule has 8 heteroatoms. The first kappa shape index (κ1) is 20.3. The Morgan fingerprint density at radius 2 is 1.93 bits per heavy atom. The van der Waals surface area contributed by atoms with Gasteiger partial charge in [0.1, 0.15) is 11.6 Å². The number of aryl methyl sites for hydroxylation is 1. The number of piperidine rings is 1. The molecule has 1 fully saturated rings. The topological polar surface area (TPSA) is 75.7 Å². The van der Waals surface area contributed by atoms with Crippen LogP contribution in [0, 0.1) is 18.7 Å². The average Bonchev–Trinajstić information content (AvgIpc) is 2.69. The van der Waals surface area contributed by atoms with Crippen molar-refractivity contribution >= 4 is 21.6 Å². The third kappa shape index (κ3) is 4.34. The Kier molecular flexibility index (Phi) is 6.00. The van der Waals surface area contributed by atoms with E-state index in [0.29, 0.717) is 30.8 Å². The van der Waals surface area contributed by atoms with Gasteiger partial charge in [0, 0.05) is 18.8 Å². The van der Waals surface area contributed by atoms with Crippen molar-refractivity contribution in [2.45, 2.75) is 24.7 Å². The number of amides is 1. The Balaban J connectivity index is 1.73. The van der Waals surface area contributed by atoms with E-state index in [0.717, 1.165) is 5.56 Å². The van der Waals surface area contributed by atoms with Gasteiger partial charge < -0.3 is 10.1 Å². The highest BCUT2D eigenvalue weighted by molar-refractivity contribution is 7.89. The third-order valence-corrected chi connectivity index (χ3v) is 6.73. The molecule has 1 amide bonds. The number of rotatable bonds is 5. The normalized spacial score (nSPS) is 17.9. The van der Waals surface area contributed by atoms with Crippen molar-refractivity contribution in [3.63, 3.8) is 0 Å². The van der Waals surface area contributed by atoms with Gasteiger partial charge in [-0.15, -0.1) is 0 Å². The minimum atomic E-state index is -3.71. The van der Waals surface area contributed by atoms with Crippen molar-refractivity contribution in [2.75, 3.05) is 25.5 Å². The minimum absolute atomic E-state index is 0.112. The van der Waals surface area contributed by atoms with Crippen LogP contribution in [0.2, 0.25) is 0 Å². The van der Waals surface area contributed by atoms with Crippen LogP contribution < -0.4 is 10.1 Å². The number of methoxy groups -OCH3 is 1. The highest BCUT2D eigenvalue weighted by Gasteiger charge is 2.33. The van der Waals surface area contributed by atoms with E-state index in [2.05, 4.69) is 5.32 Å². The lowest BCUT2D eigenvalue weighted by atomic mass is 9.99. The zero-order chi connectivity index (χ0) is 20.3. The van der Waals surface area contributed by atoms with E-state index in [1.165, 1.54) is 41.7 Å². The number of hydrogen-bond acceptors (Lipinski definition) is 4. The summed E-state index contributed by atoms with van der Waals surface area (Å²) >= 11 is 0. The van der Waals surface area contributed by atoms with E-state index >= 15 is 0 Å². The fraction of sp³-hybridized carbons (Fsp3) is 0.350. The Bertz CT molecular complexity index is 961. The summed E-state index contributed by atoms with van der Waals surface area (Å²) in [6.45, 7) is 2.27. The summed E-state index contributed by atoms with van der Waals surface area (Å²) in [7, 11) is -2.17. The zero-order valence-corrected chi connectivity index (χ0v) is 16.6. The van der Waals surface area contributed by atoms with E-state index in [4.69, 9.17) is 4.74 Å². The van der Waals surface area contributed by atoms with Crippen molar-refractivity contribution in [2.24, 2.45) is 5.92 Å². The van der Waals surface area contributed by atoms with Crippen molar-refractivity contribution < 1.29 is 22.3 Å². The van der Waals surface area contributed by atoms with Crippen LogP contribution in [0.3, 0.4) is 0 Å². The monoisotopic (exact) mass is 406 g/mol. The Morgan fingerprint density at radius 1 is 1.21 bits per heavy atom. The summed E-state index contributed by atoms with van der Waals surface area (Å²) in [4.78, 5) is 12.7. The van der Waals surface area contributed by atoms with E-state index < -0.39 is 15.9 Å². The van der Waals surface area contributed by atoms with Crippen LogP contribution in [0.15, 0.2) is 47.4 Å². The molecule has 2 aromatic carbocycles. The summed E-state index contributed by atoms with van der Waals surface area (Å²) in [5, 5.41) is 2.73. The zero-order valence-electron chi connectivity index (χ0n) is 15.8. The Morgan fingerprint density at radius 3 is 2.57 bits per heavy atom. The number of nitrogens with one attached hydrogen (secondary N) is 1. The van der Waals surface area contributed by atoms with Crippen LogP contribution in [0.4, 0.5) is 10.1 Å². The van der Waals surface area contributed by atoms with Gasteiger partial charge in [0.05, 0.1) is 17.9 Å². The maximum Gasteiger partial charge on any atom is 0.243 e. The molecule has 28 heavy (non-hydrogen) atoms. The molecule has 0 bridgehead atoms. The predicted octanol–water partition coefficient (Wildman–Crippen LogP) is 3.18. The minimum Gasteiger partial charge on any atom is -0.496 e. The van der Waals surface area contributed by atoms with Gasteiger partial charge in [-0.1, -0.05) is 0 Å². The molecule has 1 heterocycles. The van der Waals surface area contributed by atoms with Crippen molar-refractivity contribution in [3.8, 4) is 5.75 Å². The number of carbonyl (C=O) groups is 1. The largest absolute Gasteiger partial charge is 0.496 e. The van der Waals surface area contributed by atoms with E-state index in [1.807, 2.05) is 0 Å². The number of ether oxygens (including phenoxy) is 1. The van der Waals surface area contributed by atoms with Crippen molar-refractivity contribution in [3.05, 3.63) is 53.8 Å². The lowest BCUT2D eigenvalue weighted by Crippen LogP contribution is -2.43. The quantitative estimate of drug-likeness (QED) is 0.828. The summed E-state index contributed by atoms with van der Waals surface area (Å²) < 4.78 is 45.6. The maximum atomic E-state index is 13.0. The first-order chi connectivity index (χ1) is 13.3. The van der Waals surface area contributed by atoms with Crippen LogP contribution in [-0.2, 0) is 14.8 Å². The molecular formula is C20H23FN2O4S. The van der Waals surface area contributed by atoms with Gasteiger partial charge >= 0.3 is 0 Å². The Labute approximate surface area is 164 Å². The lowest BCUT2D eigenvalue weighted by Gasteiger charge is -2.31. The first-order valence-corrected chi connectivity index (χ1v) is 10.5. The fourth-order valence-electron chi connectivity index (χ4n) is 3.31. The summed E-state index contributed by atoms with van der Waals surface area (Å²) in [5.74, 6) is -0.498. The lowest BCUT2D eigenvalue weighted by molar-refractivity contribution is -0.120. The molecule has 0 unspecified atom stereocenters. The summed E-state index contributed by atoms with van der Waals surface area (Å²) in [5.41, 5.74) is 1.21. The molecule has 0 aliphatic carbocycles. The molecule has 0 saturated carbocycles. The average molecular weight is 406 g/mol. The van der Waals surface area contributed by atoms with Crippen molar-refractivity contribution in [1.82, 2.24) is 4.31 Å². The third-order valence-electron chi connectivity index (χ3n) is 4.87. The molecule has 1 aliphatic rings. The van der Waals surface area contributed by atoms with Gasteiger partial charge in [-0.2, -0.15) is 4.31 Å². The van der Waals surface area contributed by atoms with E-state index in [9.17, 15) is 17.6 Å². The number of sulfonamides is 1. The second-order valence-electron chi connectivity index (χ2n) is 6.83. The standard InChI is InChI=1S/C20H23FN2O4S/c1-14-12-18(9-10-19(14)27-2)28(25,26)23-11-3-4-15(13-23)20(24)22-17-7-5-16(21)6-8-17/h5-10,12,15H,3-4,11,13H2,1-2H3,(H,22,24)/t15-/m0/s1. The van der Waals surface area contributed by atoms with Crippen LogP contribution in [0.5, 0.6) is 5.75 Å². The second-order valence-corrected chi connectivity index (χ2v) is 8.77. The molecule has 150 valence electrons. The van der Waals surface area contributed by atoms with Crippen molar-refractivity contribution in [1.29, 1.82) is 0 Å². The highest BCUT2D eigenvalue weighted by atomic mass is 32.2. The van der Waals surface area contributed by atoms with Gasteiger partial charge in [0.2, 0.25) is 15.9 Å². The number of halogens is 1. The molecule has 0 spiro atoms. The molecular weight excluding hydrogens is 383 g/mol. The van der Waals surface area contributed by atoms with Crippen LogP contribution in [0.25, 0.3) is 0 Å². The number of carbonyl (C=O) groups excluding carboxylic acids is 1. The van der Waals surface area contributed by atoms with Crippen LogP contribution in [-0.4, -0.2) is 38.8 Å². The predicted molar refractivity (Wildman–Crippen MR) is 104 cm³/mol. The van der Waals surface area contributed by atoms with E-state index in [-0.39, 0.29) is 23.2 Å². The smallest absolute Gasteiger partial charge is 0.243 e. The molecule has 1 N–H and O–H groups in total. The number of benzene rings is 2. The highest BCUT2D eigenvalue weighted by Crippen LogP contribution is 2.27. The summed E-state index contributed by atoms with van der Waals surface area (Å²) in [6, 6.07) is 10.2. The number of nitrogens with zero attached hydrogens (tertiary/aromatic N) is 1. The summed E-state index contributed by atoms with van der Waals surface area (Å²) in [6.07, 6.45) is 1.19. The van der Waals surface area contributed by atoms with Gasteiger partial charge in [-0.05, 0) is 67.8 Å². The van der Waals surface area contributed by atoms with Gasteiger partial charge in [-0.3, -0.25) is 4.79 Å². The Hall–Kier alpha value is -2.45. The fourth-order valence-corrected chi connectivity index (χ4v) is 4.92. The number of anilines is 1. The van der Waals surface area contributed by atoms with Gasteiger partial charge in [0.25, 0.3) is 0 Å². The SMILES string of the molecule is COc1ccc(S(=O)(=O)N2CCC[C@H](C(=O)Nc3ccc(F)cc3)C2)cc1C. The first-order valence-electron chi connectivity index (χ1n) is 9.02. The molecule has 1 aliphatic heterocycles. The molecule has 2 aromatic rings. The molecule has 0 radical (unpaired) electrons. The maximum absolute atomic E-state index is 13.0. The van der Waals surface area contributed by atoms with Crippen LogP contribution in [0.1, 0.15) is 18.4 Å². The number of hydrogen-bond donors (Lipinski definition) is 1. The van der Waals surface area contributed by atoms with Crippen LogP contribution >= 0.6 is 0 Å². The molecule has 1 saturated heterocycles. The molecule has 1 atom stereocenters. The second kappa shape index (κ2) is 8.28. The van der Waals surface area contributed by atoms with Gasteiger partial charge in [0.15, 0.2) is 0 Å². The molecule has 0 aromatic heterocycles.